The fourth-order valence-corrected chi connectivity index (χ4v) is 1.84. The molecule has 0 aliphatic rings. The van der Waals surface area contributed by atoms with Gasteiger partial charge in [0.1, 0.15) is 5.82 Å². The lowest BCUT2D eigenvalue weighted by molar-refractivity contribution is -0.387. The summed E-state index contributed by atoms with van der Waals surface area (Å²) in [5.41, 5.74) is -1.48. The second-order valence-electron chi connectivity index (χ2n) is 4.59. The third-order valence-corrected chi connectivity index (χ3v) is 3.15. The lowest BCUT2D eigenvalue weighted by atomic mass is 10.1. The van der Waals surface area contributed by atoms with E-state index >= 15 is 0 Å². The highest BCUT2D eigenvalue weighted by atomic mass is 19.1. The number of hydrogen-bond acceptors (Lipinski definition) is 3. The Bertz CT molecular complexity index is 535. The summed E-state index contributed by atoms with van der Waals surface area (Å²) in [4.78, 5) is 22.8. The van der Waals surface area contributed by atoms with Crippen LogP contribution < -0.4 is 0 Å². The maximum absolute atomic E-state index is 13.7. The van der Waals surface area contributed by atoms with E-state index in [1.807, 2.05) is 6.92 Å². The molecule has 5 nitrogen and oxygen atoms in total. The molecule has 1 amide bonds. The predicted molar refractivity (Wildman–Crippen MR) is 69.5 cm³/mol. The van der Waals surface area contributed by atoms with E-state index in [0.29, 0.717) is 12.1 Å². The van der Waals surface area contributed by atoms with Crippen LogP contribution in [0.15, 0.2) is 12.1 Å². The van der Waals surface area contributed by atoms with Gasteiger partial charge in [-0.2, -0.15) is 4.39 Å². The van der Waals surface area contributed by atoms with Crippen LogP contribution in [0.25, 0.3) is 0 Å². The lowest BCUT2D eigenvalue weighted by Gasteiger charge is -2.24. The average Bonchev–Trinajstić information content (AvgIpc) is 2.39. The molecule has 0 saturated carbocycles. The topological polar surface area (TPSA) is 63.5 Å². The van der Waals surface area contributed by atoms with Crippen molar-refractivity contribution in [2.45, 2.75) is 32.7 Å². The van der Waals surface area contributed by atoms with Gasteiger partial charge in [0.2, 0.25) is 5.82 Å². The smallest absolute Gasteiger partial charge is 0.307 e. The van der Waals surface area contributed by atoms with Gasteiger partial charge in [-0.1, -0.05) is 13.3 Å². The number of nitro groups is 1. The van der Waals surface area contributed by atoms with Crippen molar-refractivity contribution in [2.75, 3.05) is 7.05 Å². The van der Waals surface area contributed by atoms with Crippen LogP contribution in [0.5, 0.6) is 0 Å². The van der Waals surface area contributed by atoms with Crippen LogP contribution in [0.4, 0.5) is 14.5 Å². The Hall–Kier alpha value is -2.05. The van der Waals surface area contributed by atoms with Crippen LogP contribution in [0.1, 0.15) is 37.0 Å². The van der Waals surface area contributed by atoms with E-state index < -0.39 is 33.7 Å². The van der Waals surface area contributed by atoms with E-state index in [1.54, 1.807) is 6.92 Å². The van der Waals surface area contributed by atoms with E-state index in [-0.39, 0.29) is 6.04 Å². The van der Waals surface area contributed by atoms with Crippen molar-refractivity contribution >= 4 is 11.6 Å². The Morgan fingerprint density at radius 1 is 1.40 bits per heavy atom. The van der Waals surface area contributed by atoms with Crippen molar-refractivity contribution < 1.29 is 18.5 Å². The largest absolute Gasteiger partial charge is 0.339 e. The molecule has 1 atom stereocenters. The number of halogens is 2. The molecule has 0 aliphatic carbocycles. The van der Waals surface area contributed by atoms with E-state index in [4.69, 9.17) is 0 Å². The summed E-state index contributed by atoms with van der Waals surface area (Å²) < 4.78 is 27.2. The van der Waals surface area contributed by atoms with E-state index in [2.05, 4.69) is 0 Å². The normalized spacial score (nSPS) is 12.1. The SMILES string of the molecule is CCCC(C)N(C)C(=O)c1cc(F)c([N+](=O)[O-])cc1F. The maximum atomic E-state index is 13.7. The van der Waals surface area contributed by atoms with Gasteiger partial charge in [-0.3, -0.25) is 14.9 Å². The molecule has 1 rings (SSSR count). The molecule has 0 fully saturated rings. The number of carbonyl (C=O) groups is 1. The second-order valence-corrected chi connectivity index (χ2v) is 4.59. The number of rotatable bonds is 5. The molecule has 0 N–H and O–H groups in total. The molecule has 20 heavy (non-hydrogen) atoms. The van der Waals surface area contributed by atoms with Crippen molar-refractivity contribution in [3.63, 3.8) is 0 Å². The highest BCUT2D eigenvalue weighted by molar-refractivity contribution is 5.94. The van der Waals surface area contributed by atoms with E-state index in [1.165, 1.54) is 11.9 Å². The van der Waals surface area contributed by atoms with Crippen molar-refractivity contribution in [1.29, 1.82) is 0 Å². The first-order chi connectivity index (χ1) is 9.29. The van der Waals surface area contributed by atoms with Crippen LogP contribution >= 0.6 is 0 Å². The molecular weight excluding hydrogens is 270 g/mol. The Labute approximate surface area is 115 Å². The van der Waals surface area contributed by atoms with Crippen molar-refractivity contribution in [2.24, 2.45) is 0 Å². The summed E-state index contributed by atoms with van der Waals surface area (Å²) >= 11 is 0. The maximum Gasteiger partial charge on any atom is 0.307 e. The molecule has 1 aromatic carbocycles. The fourth-order valence-electron chi connectivity index (χ4n) is 1.84. The zero-order chi connectivity index (χ0) is 15.4. The molecule has 1 unspecified atom stereocenters. The highest BCUT2D eigenvalue weighted by Crippen LogP contribution is 2.23. The molecular formula is C13H16F2N2O3. The summed E-state index contributed by atoms with van der Waals surface area (Å²) in [5, 5.41) is 10.5. The van der Waals surface area contributed by atoms with Gasteiger partial charge >= 0.3 is 5.69 Å². The molecule has 0 aromatic heterocycles. The molecule has 0 saturated heterocycles. The first-order valence-corrected chi connectivity index (χ1v) is 6.20. The molecule has 1 aromatic rings. The van der Waals surface area contributed by atoms with Gasteiger partial charge in [-0.05, 0) is 19.4 Å². The minimum atomic E-state index is -1.23. The standard InChI is InChI=1S/C13H16F2N2O3/c1-4-5-8(2)16(3)13(18)9-6-11(15)12(17(19)20)7-10(9)14/h6-8H,4-5H2,1-3H3. The first-order valence-electron chi connectivity index (χ1n) is 6.20. The molecule has 0 heterocycles. The number of nitrogens with zero attached hydrogens (tertiary/aromatic N) is 2. The first kappa shape index (κ1) is 16.0. The van der Waals surface area contributed by atoms with E-state index in [0.717, 1.165) is 12.8 Å². The van der Waals surface area contributed by atoms with Gasteiger partial charge in [-0.15, -0.1) is 0 Å². The van der Waals surface area contributed by atoms with Gasteiger partial charge in [0, 0.05) is 13.1 Å². The second kappa shape index (κ2) is 6.40. The van der Waals surface area contributed by atoms with Gasteiger partial charge in [0.25, 0.3) is 5.91 Å². The van der Waals surface area contributed by atoms with Gasteiger partial charge < -0.3 is 4.90 Å². The number of nitro benzene ring substituents is 1. The summed E-state index contributed by atoms with van der Waals surface area (Å²) in [5.74, 6) is -3.02. The third-order valence-electron chi connectivity index (χ3n) is 3.15. The molecule has 0 radical (unpaired) electrons. The number of benzene rings is 1. The lowest BCUT2D eigenvalue weighted by Crippen LogP contribution is -2.35. The van der Waals surface area contributed by atoms with E-state index in [9.17, 15) is 23.7 Å². The summed E-state index contributed by atoms with van der Waals surface area (Å²) in [6.45, 7) is 3.74. The molecule has 0 spiro atoms. The predicted octanol–water partition coefficient (Wildman–Crippen LogP) is 3.13. The van der Waals surface area contributed by atoms with Gasteiger partial charge in [0.15, 0.2) is 0 Å². The van der Waals surface area contributed by atoms with Crippen LogP contribution in [0.2, 0.25) is 0 Å². The minimum absolute atomic E-state index is 0.134. The number of amides is 1. The van der Waals surface area contributed by atoms with Crippen LogP contribution in [0.3, 0.4) is 0 Å². The van der Waals surface area contributed by atoms with Crippen molar-refractivity contribution in [1.82, 2.24) is 4.90 Å². The Morgan fingerprint density at radius 3 is 2.50 bits per heavy atom. The molecule has 110 valence electrons. The van der Waals surface area contributed by atoms with Gasteiger partial charge in [0.05, 0.1) is 16.6 Å². The number of hydrogen-bond donors (Lipinski definition) is 0. The van der Waals surface area contributed by atoms with Crippen molar-refractivity contribution in [3.05, 3.63) is 39.4 Å². The fraction of sp³-hybridized carbons (Fsp3) is 0.462. The van der Waals surface area contributed by atoms with Crippen LogP contribution in [-0.2, 0) is 0 Å². The zero-order valence-corrected chi connectivity index (χ0v) is 11.5. The quantitative estimate of drug-likeness (QED) is 0.617. The van der Waals surface area contributed by atoms with Crippen LogP contribution in [-0.4, -0.2) is 28.8 Å². The summed E-state index contributed by atoms with van der Waals surface area (Å²) in [6.07, 6.45) is 1.56. The average molecular weight is 286 g/mol. The van der Waals surface area contributed by atoms with Crippen molar-refractivity contribution in [3.8, 4) is 0 Å². The molecule has 0 aliphatic heterocycles. The Morgan fingerprint density at radius 2 is 2.00 bits per heavy atom. The zero-order valence-electron chi connectivity index (χ0n) is 11.5. The summed E-state index contributed by atoms with van der Waals surface area (Å²) in [6, 6.07) is 0.872. The third kappa shape index (κ3) is 3.28. The molecule has 0 bridgehead atoms. The Balaban J connectivity index is 3.11. The Kier molecular flexibility index (Phi) is 5.12. The molecule has 7 heteroatoms. The van der Waals surface area contributed by atoms with Gasteiger partial charge in [-0.25, -0.2) is 4.39 Å². The minimum Gasteiger partial charge on any atom is -0.339 e. The van der Waals surface area contributed by atoms with Crippen LogP contribution in [0, 0.1) is 21.7 Å². The monoisotopic (exact) mass is 286 g/mol. The number of carbonyl (C=O) groups excluding carboxylic acids is 1. The summed E-state index contributed by atoms with van der Waals surface area (Å²) in [7, 11) is 1.49. The highest BCUT2D eigenvalue weighted by Gasteiger charge is 2.25.